The van der Waals surface area contributed by atoms with Crippen molar-refractivity contribution >= 4 is 15.7 Å². The van der Waals surface area contributed by atoms with Gasteiger partial charge in [-0.1, -0.05) is 24.5 Å². The number of tetrazole rings is 1. The second-order valence-corrected chi connectivity index (χ2v) is 8.50. The second kappa shape index (κ2) is 6.31. The third kappa shape index (κ3) is 3.63. The monoisotopic (exact) mass is 327 g/mol. The molecular weight excluding hydrogens is 306 g/mol. The standard InChI is InChI=1S/C13H21N5O3S/c19-11(8-22(20,21)10-6-7-10)14-12(13-15-17-18-16-13)9-4-2-1-3-5-9/h9-10,12H,1-8H2,(H,14,19)(H,15,16,17,18). The molecule has 9 heteroatoms. The van der Waals surface area contributed by atoms with Crippen LogP contribution in [0.25, 0.3) is 0 Å². The fourth-order valence-corrected chi connectivity index (χ4v) is 4.64. The lowest BCUT2D eigenvalue weighted by atomic mass is 9.83. The van der Waals surface area contributed by atoms with Crippen LogP contribution in [0.4, 0.5) is 0 Å². The van der Waals surface area contributed by atoms with Crippen molar-refractivity contribution in [3.63, 3.8) is 0 Å². The molecule has 2 fully saturated rings. The van der Waals surface area contributed by atoms with Gasteiger partial charge in [0.15, 0.2) is 15.7 Å². The fourth-order valence-electron chi connectivity index (χ4n) is 3.10. The Labute approximate surface area is 129 Å². The topological polar surface area (TPSA) is 118 Å². The molecule has 1 amide bonds. The Balaban J connectivity index is 1.68. The van der Waals surface area contributed by atoms with Crippen molar-refractivity contribution in [1.29, 1.82) is 0 Å². The molecule has 2 N–H and O–H groups in total. The van der Waals surface area contributed by atoms with E-state index in [2.05, 4.69) is 25.9 Å². The van der Waals surface area contributed by atoms with Gasteiger partial charge in [-0.2, -0.15) is 5.21 Å². The molecule has 0 aromatic carbocycles. The summed E-state index contributed by atoms with van der Waals surface area (Å²) in [5.41, 5.74) is 0. The number of carbonyl (C=O) groups is 1. The summed E-state index contributed by atoms with van der Waals surface area (Å²) in [6, 6.07) is -0.360. The molecular formula is C13H21N5O3S. The van der Waals surface area contributed by atoms with Crippen molar-refractivity contribution in [2.45, 2.75) is 56.2 Å². The Hall–Kier alpha value is -1.51. The van der Waals surface area contributed by atoms with Crippen LogP contribution in [0.1, 0.15) is 56.8 Å². The van der Waals surface area contributed by atoms with E-state index in [1.54, 1.807) is 0 Å². The highest BCUT2D eigenvalue weighted by atomic mass is 32.2. The van der Waals surface area contributed by atoms with E-state index in [4.69, 9.17) is 0 Å². The van der Waals surface area contributed by atoms with Gasteiger partial charge in [0.2, 0.25) is 5.91 Å². The van der Waals surface area contributed by atoms with Crippen molar-refractivity contribution in [3.05, 3.63) is 5.82 Å². The highest BCUT2D eigenvalue weighted by molar-refractivity contribution is 7.93. The van der Waals surface area contributed by atoms with Gasteiger partial charge in [0, 0.05) is 0 Å². The van der Waals surface area contributed by atoms with Crippen LogP contribution in [-0.2, 0) is 14.6 Å². The molecule has 8 nitrogen and oxygen atoms in total. The lowest BCUT2D eigenvalue weighted by Gasteiger charge is -2.28. The quantitative estimate of drug-likeness (QED) is 0.786. The van der Waals surface area contributed by atoms with Crippen LogP contribution in [-0.4, -0.2) is 46.0 Å². The van der Waals surface area contributed by atoms with Crippen LogP contribution >= 0.6 is 0 Å². The zero-order valence-electron chi connectivity index (χ0n) is 12.4. The average molecular weight is 327 g/mol. The maximum Gasteiger partial charge on any atom is 0.235 e. The number of nitrogens with one attached hydrogen (secondary N) is 2. The average Bonchev–Trinajstić information content (AvgIpc) is 3.23. The molecule has 0 spiro atoms. The number of sulfone groups is 1. The van der Waals surface area contributed by atoms with Crippen LogP contribution in [0, 0.1) is 5.92 Å². The number of hydrogen-bond acceptors (Lipinski definition) is 6. The predicted octanol–water partition coefficient (Wildman–Crippen LogP) is 0.514. The first-order valence-electron chi connectivity index (χ1n) is 7.80. The number of hydrogen-bond donors (Lipinski definition) is 2. The van der Waals surface area contributed by atoms with E-state index >= 15 is 0 Å². The summed E-state index contributed by atoms with van der Waals surface area (Å²) in [6.45, 7) is 0. The van der Waals surface area contributed by atoms with Crippen LogP contribution in [0.5, 0.6) is 0 Å². The molecule has 1 heterocycles. The highest BCUT2D eigenvalue weighted by Crippen LogP contribution is 2.33. The summed E-state index contributed by atoms with van der Waals surface area (Å²) in [5.74, 6) is -0.242. The van der Waals surface area contributed by atoms with Crippen molar-refractivity contribution < 1.29 is 13.2 Å². The van der Waals surface area contributed by atoms with E-state index in [1.165, 1.54) is 6.42 Å². The Morgan fingerprint density at radius 3 is 2.55 bits per heavy atom. The SMILES string of the molecule is O=C(CS(=O)(=O)C1CC1)NC(c1nn[nH]n1)C1CCCCC1. The summed E-state index contributed by atoms with van der Waals surface area (Å²) in [4.78, 5) is 12.2. The minimum absolute atomic E-state index is 0.235. The molecule has 0 aliphatic heterocycles. The summed E-state index contributed by atoms with van der Waals surface area (Å²) in [5, 5.41) is 16.4. The van der Waals surface area contributed by atoms with E-state index in [-0.39, 0.29) is 17.2 Å². The number of amides is 1. The van der Waals surface area contributed by atoms with Gasteiger partial charge in [0.25, 0.3) is 0 Å². The Kier molecular flexibility index (Phi) is 4.42. The van der Waals surface area contributed by atoms with Crippen LogP contribution in [0.15, 0.2) is 0 Å². The van der Waals surface area contributed by atoms with Crippen LogP contribution in [0.3, 0.4) is 0 Å². The smallest absolute Gasteiger partial charge is 0.235 e. The minimum Gasteiger partial charge on any atom is -0.345 e. The van der Waals surface area contributed by atoms with Gasteiger partial charge >= 0.3 is 0 Å². The zero-order chi connectivity index (χ0) is 15.6. The maximum absolute atomic E-state index is 12.2. The largest absolute Gasteiger partial charge is 0.345 e. The Morgan fingerprint density at radius 1 is 1.23 bits per heavy atom. The molecule has 122 valence electrons. The number of H-pyrrole nitrogens is 1. The number of aromatic nitrogens is 4. The summed E-state index contributed by atoms with van der Waals surface area (Å²) in [6.07, 6.45) is 6.72. The third-order valence-electron chi connectivity index (χ3n) is 4.44. The van der Waals surface area contributed by atoms with Gasteiger partial charge in [0.1, 0.15) is 5.75 Å². The lowest BCUT2D eigenvalue weighted by Crippen LogP contribution is -2.39. The molecule has 22 heavy (non-hydrogen) atoms. The van der Waals surface area contributed by atoms with Crippen molar-refractivity contribution in [3.8, 4) is 0 Å². The van der Waals surface area contributed by atoms with Crippen molar-refractivity contribution in [1.82, 2.24) is 25.9 Å². The lowest BCUT2D eigenvalue weighted by molar-refractivity contribution is -0.119. The molecule has 0 radical (unpaired) electrons. The van der Waals surface area contributed by atoms with Gasteiger partial charge in [-0.15, -0.1) is 10.2 Å². The first kappa shape index (κ1) is 15.4. The molecule has 1 atom stereocenters. The normalized spacial score (nSPS) is 21.5. The number of rotatable bonds is 6. The first-order valence-corrected chi connectivity index (χ1v) is 9.52. The fraction of sp³-hybridized carbons (Fsp3) is 0.846. The third-order valence-corrected chi connectivity index (χ3v) is 6.59. The van der Waals surface area contributed by atoms with E-state index < -0.39 is 21.5 Å². The molecule has 1 aromatic rings. The molecule has 0 saturated heterocycles. The molecule has 2 saturated carbocycles. The molecule has 1 unspecified atom stereocenters. The van der Waals surface area contributed by atoms with Gasteiger partial charge < -0.3 is 5.32 Å². The van der Waals surface area contributed by atoms with E-state index in [0.717, 1.165) is 25.7 Å². The molecule has 1 aromatic heterocycles. The second-order valence-electron chi connectivity index (χ2n) is 6.22. The maximum atomic E-state index is 12.2. The molecule has 2 aliphatic carbocycles. The van der Waals surface area contributed by atoms with Gasteiger partial charge in [-0.05, 0) is 31.6 Å². The number of nitrogens with zero attached hydrogens (tertiary/aromatic N) is 3. The van der Waals surface area contributed by atoms with E-state index in [0.29, 0.717) is 18.7 Å². The Morgan fingerprint density at radius 2 is 1.95 bits per heavy atom. The van der Waals surface area contributed by atoms with E-state index in [9.17, 15) is 13.2 Å². The predicted molar refractivity (Wildman–Crippen MR) is 78.4 cm³/mol. The van der Waals surface area contributed by atoms with E-state index in [1.807, 2.05) is 0 Å². The summed E-state index contributed by atoms with van der Waals surface area (Å²) in [7, 11) is -3.31. The Bertz CT molecular complexity index is 606. The van der Waals surface area contributed by atoms with Gasteiger partial charge in [0.05, 0.1) is 11.3 Å². The molecule has 0 bridgehead atoms. The van der Waals surface area contributed by atoms with Crippen LogP contribution < -0.4 is 5.32 Å². The summed E-state index contributed by atoms with van der Waals surface area (Å²) >= 11 is 0. The van der Waals surface area contributed by atoms with Crippen molar-refractivity contribution in [2.24, 2.45) is 5.92 Å². The zero-order valence-corrected chi connectivity index (χ0v) is 13.2. The van der Waals surface area contributed by atoms with Gasteiger partial charge in [-0.25, -0.2) is 8.42 Å². The molecule has 3 rings (SSSR count). The first-order chi connectivity index (χ1) is 10.6. The highest BCUT2D eigenvalue weighted by Gasteiger charge is 2.38. The van der Waals surface area contributed by atoms with Crippen molar-refractivity contribution in [2.75, 3.05) is 5.75 Å². The van der Waals surface area contributed by atoms with Crippen LogP contribution in [0.2, 0.25) is 0 Å². The summed E-state index contributed by atoms with van der Waals surface area (Å²) < 4.78 is 23.9. The number of carbonyl (C=O) groups excluding carboxylic acids is 1. The number of aromatic amines is 1. The van der Waals surface area contributed by atoms with Gasteiger partial charge in [-0.3, -0.25) is 4.79 Å². The molecule has 2 aliphatic rings. The minimum atomic E-state index is -3.31.